The van der Waals surface area contributed by atoms with Crippen molar-refractivity contribution in [3.8, 4) is 5.75 Å². The van der Waals surface area contributed by atoms with Gasteiger partial charge in [0.2, 0.25) is 5.91 Å². The number of halogens is 2. The van der Waals surface area contributed by atoms with Crippen molar-refractivity contribution in [2.24, 2.45) is 0 Å². The maximum absolute atomic E-state index is 13.4. The van der Waals surface area contributed by atoms with Crippen LogP contribution in [-0.2, 0) is 22.6 Å². The summed E-state index contributed by atoms with van der Waals surface area (Å²) in [5.41, 5.74) is 1.90. The Hall–Kier alpha value is -2.64. The zero-order valence-electron chi connectivity index (χ0n) is 18.3. The minimum atomic E-state index is -0.674. The maximum Gasteiger partial charge on any atom is 0.261 e. The number of ether oxygens (including phenoxy) is 1. The molecule has 2 amide bonds. The molecule has 0 aromatic heterocycles. The van der Waals surface area contributed by atoms with Crippen molar-refractivity contribution in [3.63, 3.8) is 0 Å². The lowest BCUT2D eigenvalue weighted by Gasteiger charge is -2.31. The van der Waals surface area contributed by atoms with Crippen LogP contribution in [0.3, 0.4) is 0 Å². The van der Waals surface area contributed by atoms with Crippen LogP contribution in [0.1, 0.15) is 18.1 Å². The van der Waals surface area contributed by atoms with Crippen molar-refractivity contribution in [2.75, 3.05) is 13.2 Å². The molecule has 0 heterocycles. The van der Waals surface area contributed by atoms with Crippen LogP contribution in [-0.4, -0.2) is 35.9 Å². The van der Waals surface area contributed by atoms with E-state index in [1.54, 1.807) is 17.0 Å². The fourth-order valence-corrected chi connectivity index (χ4v) is 4.15. The Kier molecular flexibility index (Phi) is 9.51. The van der Waals surface area contributed by atoms with E-state index in [-0.39, 0.29) is 25.0 Å². The van der Waals surface area contributed by atoms with Gasteiger partial charge in [-0.25, -0.2) is 0 Å². The quantitative estimate of drug-likeness (QED) is 0.355. The van der Waals surface area contributed by atoms with Gasteiger partial charge in [0.25, 0.3) is 5.91 Å². The van der Waals surface area contributed by atoms with Gasteiger partial charge in [0.15, 0.2) is 6.61 Å². The first-order chi connectivity index (χ1) is 16.0. The number of nitrogens with zero attached hydrogens (tertiary/aromatic N) is 1. The number of hydrogen-bond donors (Lipinski definition) is 1. The lowest BCUT2D eigenvalue weighted by Crippen LogP contribution is -2.51. The second kappa shape index (κ2) is 12.6. The third-order valence-corrected chi connectivity index (χ3v) is 6.06. The molecule has 1 unspecified atom stereocenters. The normalized spacial score (nSPS) is 11.5. The highest BCUT2D eigenvalue weighted by molar-refractivity contribution is 9.10. The van der Waals surface area contributed by atoms with Crippen LogP contribution in [0.15, 0.2) is 87.8 Å². The Balaban J connectivity index is 1.88. The second-order valence-electron chi connectivity index (χ2n) is 7.49. The van der Waals surface area contributed by atoms with E-state index < -0.39 is 6.04 Å². The van der Waals surface area contributed by atoms with Crippen molar-refractivity contribution in [1.82, 2.24) is 10.2 Å². The fraction of sp³-hybridized carbons (Fsp3) is 0.231. The first-order valence-electron chi connectivity index (χ1n) is 10.7. The van der Waals surface area contributed by atoms with Crippen LogP contribution in [0, 0.1) is 0 Å². The van der Waals surface area contributed by atoms with E-state index in [0.717, 1.165) is 20.1 Å². The zero-order chi connectivity index (χ0) is 23.6. The molecule has 3 aromatic carbocycles. The SMILES string of the molecule is CCNC(=O)C(Cc1ccccc1)N(Cc1cccc(Br)c1)C(=O)COc1ccc(Br)cc1. The molecule has 0 aliphatic heterocycles. The van der Waals surface area contributed by atoms with Crippen LogP contribution >= 0.6 is 31.9 Å². The molecule has 1 atom stereocenters. The van der Waals surface area contributed by atoms with Crippen LogP contribution in [0.5, 0.6) is 5.75 Å². The number of amides is 2. The molecule has 33 heavy (non-hydrogen) atoms. The Morgan fingerprint density at radius 3 is 2.27 bits per heavy atom. The van der Waals surface area contributed by atoms with Gasteiger partial charge in [0, 0.05) is 28.5 Å². The summed E-state index contributed by atoms with van der Waals surface area (Å²) in [7, 11) is 0. The molecule has 7 heteroatoms. The number of carbonyl (C=O) groups is 2. The third-order valence-electron chi connectivity index (χ3n) is 5.04. The van der Waals surface area contributed by atoms with E-state index >= 15 is 0 Å². The van der Waals surface area contributed by atoms with Gasteiger partial charge >= 0.3 is 0 Å². The van der Waals surface area contributed by atoms with Crippen molar-refractivity contribution in [2.45, 2.75) is 25.9 Å². The van der Waals surface area contributed by atoms with Gasteiger partial charge in [-0.05, 0) is 54.4 Å². The molecule has 0 saturated carbocycles. The third kappa shape index (κ3) is 7.72. The van der Waals surface area contributed by atoms with E-state index in [4.69, 9.17) is 4.74 Å². The molecule has 3 aromatic rings. The average molecular weight is 574 g/mol. The molecular weight excluding hydrogens is 548 g/mol. The molecular formula is C26H26Br2N2O3. The van der Waals surface area contributed by atoms with Gasteiger partial charge in [-0.1, -0.05) is 74.3 Å². The molecule has 0 spiro atoms. The average Bonchev–Trinajstić information content (AvgIpc) is 2.81. The fourth-order valence-electron chi connectivity index (χ4n) is 3.44. The highest BCUT2D eigenvalue weighted by Crippen LogP contribution is 2.19. The Bertz CT molecular complexity index is 1060. The summed E-state index contributed by atoms with van der Waals surface area (Å²) in [4.78, 5) is 28.1. The molecule has 0 aliphatic rings. The lowest BCUT2D eigenvalue weighted by molar-refractivity contribution is -0.142. The molecule has 3 rings (SSSR count). The van der Waals surface area contributed by atoms with Gasteiger partial charge in [0.1, 0.15) is 11.8 Å². The molecule has 172 valence electrons. The van der Waals surface area contributed by atoms with E-state index in [9.17, 15) is 9.59 Å². The smallest absolute Gasteiger partial charge is 0.261 e. The van der Waals surface area contributed by atoms with Crippen LogP contribution in [0.4, 0.5) is 0 Å². The summed E-state index contributed by atoms with van der Waals surface area (Å²) in [5.74, 6) is 0.144. The van der Waals surface area contributed by atoms with Crippen molar-refractivity contribution < 1.29 is 14.3 Å². The molecule has 0 fully saturated rings. The summed E-state index contributed by atoms with van der Waals surface area (Å²) in [6.45, 7) is 2.48. The number of rotatable bonds is 10. The van der Waals surface area contributed by atoms with Crippen molar-refractivity contribution in [1.29, 1.82) is 0 Å². The number of nitrogens with one attached hydrogen (secondary N) is 1. The first-order valence-corrected chi connectivity index (χ1v) is 12.3. The zero-order valence-corrected chi connectivity index (χ0v) is 21.5. The van der Waals surface area contributed by atoms with Gasteiger partial charge < -0.3 is 15.0 Å². The van der Waals surface area contributed by atoms with E-state index in [2.05, 4.69) is 37.2 Å². The molecule has 0 aliphatic carbocycles. The van der Waals surface area contributed by atoms with Crippen LogP contribution < -0.4 is 10.1 Å². The topological polar surface area (TPSA) is 58.6 Å². The lowest BCUT2D eigenvalue weighted by atomic mass is 10.0. The predicted molar refractivity (Wildman–Crippen MR) is 137 cm³/mol. The number of likely N-dealkylation sites (N-methyl/N-ethyl adjacent to an activating group) is 1. The highest BCUT2D eigenvalue weighted by atomic mass is 79.9. The molecule has 0 saturated heterocycles. The standard InChI is InChI=1S/C26H26Br2N2O3/c1-2-29-26(32)24(16-19-7-4-3-5-8-19)30(17-20-9-6-10-22(28)15-20)25(31)18-33-23-13-11-21(27)12-14-23/h3-15,24H,2,16-18H2,1H3,(H,29,32). The Morgan fingerprint density at radius 1 is 0.909 bits per heavy atom. The minimum Gasteiger partial charge on any atom is -0.484 e. The van der Waals surface area contributed by atoms with Crippen molar-refractivity contribution >= 4 is 43.7 Å². The van der Waals surface area contributed by atoms with E-state index in [1.165, 1.54) is 0 Å². The largest absolute Gasteiger partial charge is 0.484 e. The summed E-state index contributed by atoms with van der Waals surface area (Å²) in [6.07, 6.45) is 0.407. The van der Waals surface area contributed by atoms with E-state index in [0.29, 0.717) is 18.7 Å². The van der Waals surface area contributed by atoms with Gasteiger partial charge in [0.05, 0.1) is 0 Å². The monoisotopic (exact) mass is 572 g/mol. The molecule has 0 radical (unpaired) electrons. The highest BCUT2D eigenvalue weighted by Gasteiger charge is 2.30. The minimum absolute atomic E-state index is 0.166. The summed E-state index contributed by atoms with van der Waals surface area (Å²) in [6, 6.07) is 24.1. The summed E-state index contributed by atoms with van der Waals surface area (Å²) < 4.78 is 7.59. The van der Waals surface area contributed by atoms with Crippen LogP contribution in [0.2, 0.25) is 0 Å². The Labute approximate surface area is 211 Å². The predicted octanol–water partition coefficient (Wildman–Crippen LogP) is 5.37. The molecule has 0 bridgehead atoms. The summed E-state index contributed by atoms with van der Waals surface area (Å²) in [5, 5.41) is 2.89. The number of hydrogen-bond acceptors (Lipinski definition) is 3. The molecule has 1 N–H and O–H groups in total. The van der Waals surface area contributed by atoms with Crippen molar-refractivity contribution in [3.05, 3.63) is 98.9 Å². The molecule has 5 nitrogen and oxygen atoms in total. The van der Waals surface area contributed by atoms with E-state index in [1.807, 2.05) is 73.7 Å². The number of benzene rings is 3. The summed E-state index contributed by atoms with van der Waals surface area (Å²) >= 11 is 6.88. The van der Waals surface area contributed by atoms with Gasteiger partial charge in [-0.3, -0.25) is 9.59 Å². The van der Waals surface area contributed by atoms with Gasteiger partial charge in [-0.15, -0.1) is 0 Å². The first kappa shape index (κ1) is 25.0. The Morgan fingerprint density at radius 2 is 1.61 bits per heavy atom. The van der Waals surface area contributed by atoms with Gasteiger partial charge in [-0.2, -0.15) is 0 Å². The number of carbonyl (C=O) groups excluding carboxylic acids is 2. The van der Waals surface area contributed by atoms with Crippen LogP contribution in [0.25, 0.3) is 0 Å². The second-order valence-corrected chi connectivity index (χ2v) is 9.33. The maximum atomic E-state index is 13.4.